The second-order valence-corrected chi connectivity index (χ2v) is 10.2. The van der Waals surface area contributed by atoms with Crippen molar-refractivity contribution in [1.29, 1.82) is 0 Å². The summed E-state index contributed by atoms with van der Waals surface area (Å²) in [6, 6.07) is 5.11. The number of benzene rings is 1. The number of hydrogen-bond acceptors (Lipinski definition) is 8. The Labute approximate surface area is 188 Å². The first-order valence-corrected chi connectivity index (χ1v) is 11.8. The highest BCUT2D eigenvalue weighted by Gasteiger charge is 2.47. The van der Waals surface area contributed by atoms with E-state index in [0.717, 1.165) is 0 Å². The first-order valence-electron chi connectivity index (χ1n) is 9.85. The third-order valence-electron chi connectivity index (χ3n) is 3.83. The Morgan fingerprint density at radius 2 is 1.26 bits per heavy atom. The fourth-order valence-electron chi connectivity index (χ4n) is 2.70. The SMILES string of the molecule is CC(C)OC(=O)CC(C(=O)OC(C)C)C(C(=O)OC(C)C)S(=O)(=O)c1ccc(Cl)cc1. The molecular formula is C21H29ClO8S. The molecule has 0 radical (unpaired) electrons. The topological polar surface area (TPSA) is 113 Å². The summed E-state index contributed by atoms with van der Waals surface area (Å²) < 4.78 is 42.2. The van der Waals surface area contributed by atoms with Crippen molar-refractivity contribution in [1.82, 2.24) is 0 Å². The van der Waals surface area contributed by atoms with Crippen LogP contribution in [0, 0.1) is 5.92 Å². The lowest BCUT2D eigenvalue weighted by Crippen LogP contribution is -2.45. The van der Waals surface area contributed by atoms with Gasteiger partial charge in [0.1, 0.15) is 0 Å². The highest BCUT2D eigenvalue weighted by molar-refractivity contribution is 7.92. The standard InChI is InChI=1S/C21H29ClO8S/c1-12(2)28-18(23)11-17(20(24)29-13(3)4)19(21(25)30-14(5)6)31(26,27)16-9-7-15(22)8-10-16/h7-10,12-14,17,19H,11H2,1-6H3. The molecule has 0 fully saturated rings. The molecule has 31 heavy (non-hydrogen) atoms. The Kier molecular flexibility index (Phi) is 9.96. The van der Waals surface area contributed by atoms with Crippen LogP contribution in [0.25, 0.3) is 0 Å². The van der Waals surface area contributed by atoms with E-state index in [2.05, 4.69) is 0 Å². The summed E-state index contributed by atoms with van der Waals surface area (Å²) in [6.45, 7) is 9.42. The summed E-state index contributed by atoms with van der Waals surface area (Å²) in [7, 11) is -4.46. The largest absolute Gasteiger partial charge is 0.463 e. The summed E-state index contributed by atoms with van der Waals surface area (Å²) in [6.07, 6.45) is -2.42. The lowest BCUT2D eigenvalue weighted by molar-refractivity contribution is -0.163. The number of carbonyl (C=O) groups is 3. The highest BCUT2D eigenvalue weighted by Crippen LogP contribution is 2.28. The zero-order chi connectivity index (χ0) is 23.9. The Bertz CT molecular complexity index is 875. The predicted octanol–water partition coefficient (Wildman–Crippen LogP) is 3.34. The van der Waals surface area contributed by atoms with E-state index in [4.69, 9.17) is 25.8 Å². The van der Waals surface area contributed by atoms with Crippen molar-refractivity contribution in [2.75, 3.05) is 0 Å². The molecule has 0 aliphatic heterocycles. The molecule has 10 heteroatoms. The molecule has 2 atom stereocenters. The summed E-state index contributed by atoms with van der Waals surface area (Å²) in [4.78, 5) is 37.8. The average Bonchev–Trinajstić information content (AvgIpc) is 2.59. The first kappa shape index (κ1) is 26.9. The molecule has 2 unspecified atom stereocenters. The molecule has 1 rings (SSSR count). The van der Waals surface area contributed by atoms with Gasteiger partial charge in [-0.15, -0.1) is 0 Å². The molecule has 174 valence electrons. The van der Waals surface area contributed by atoms with Crippen molar-refractivity contribution >= 4 is 39.3 Å². The molecule has 0 aromatic heterocycles. The van der Waals surface area contributed by atoms with Crippen LogP contribution in [-0.2, 0) is 38.4 Å². The molecule has 8 nitrogen and oxygen atoms in total. The van der Waals surface area contributed by atoms with Gasteiger partial charge in [0.2, 0.25) is 0 Å². The lowest BCUT2D eigenvalue weighted by Gasteiger charge is -2.26. The minimum atomic E-state index is -4.46. The predicted molar refractivity (Wildman–Crippen MR) is 114 cm³/mol. The zero-order valence-electron chi connectivity index (χ0n) is 18.5. The van der Waals surface area contributed by atoms with Crippen LogP contribution in [0.4, 0.5) is 0 Å². The third-order valence-corrected chi connectivity index (χ3v) is 6.21. The van der Waals surface area contributed by atoms with Gasteiger partial charge in [0.25, 0.3) is 0 Å². The van der Waals surface area contributed by atoms with Crippen LogP contribution in [0.1, 0.15) is 48.0 Å². The molecular weight excluding hydrogens is 448 g/mol. The quantitative estimate of drug-likeness (QED) is 0.373. The van der Waals surface area contributed by atoms with E-state index in [1.165, 1.54) is 24.3 Å². The smallest absolute Gasteiger partial charge is 0.325 e. The molecule has 0 amide bonds. The van der Waals surface area contributed by atoms with Crippen LogP contribution >= 0.6 is 11.6 Å². The van der Waals surface area contributed by atoms with Crippen LogP contribution < -0.4 is 0 Å². The van der Waals surface area contributed by atoms with Gasteiger partial charge in [0, 0.05) is 5.02 Å². The van der Waals surface area contributed by atoms with Crippen LogP contribution in [0.3, 0.4) is 0 Å². The molecule has 0 heterocycles. The number of esters is 3. The van der Waals surface area contributed by atoms with Gasteiger partial charge in [-0.3, -0.25) is 14.4 Å². The van der Waals surface area contributed by atoms with Gasteiger partial charge in [0.15, 0.2) is 15.1 Å². The van der Waals surface area contributed by atoms with Gasteiger partial charge in [-0.05, 0) is 65.8 Å². The average molecular weight is 477 g/mol. The molecule has 0 saturated carbocycles. The van der Waals surface area contributed by atoms with Crippen LogP contribution in [0.15, 0.2) is 29.2 Å². The van der Waals surface area contributed by atoms with Crippen LogP contribution in [0.5, 0.6) is 0 Å². The van der Waals surface area contributed by atoms with Crippen molar-refractivity contribution in [2.24, 2.45) is 5.92 Å². The maximum absolute atomic E-state index is 13.4. The number of rotatable bonds is 10. The fraction of sp³-hybridized carbons (Fsp3) is 0.571. The minimum absolute atomic E-state index is 0.248. The normalized spacial score (nSPS) is 13.7. The number of ether oxygens (including phenoxy) is 3. The monoisotopic (exact) mass is 476 g/mol. The van der Waals surface area contributed by atoms with Gasteiger partial charge in [-0.1, -0.05) is 11.6 Å². The van der Waals surface area contributed by atoms with E-state index in [1.807, 2.05) is 0 Å². The van der Waals surface area contributed by atoms with Crippen molar-refractivity contribution < 1.29 is 37.0 Å². The van der Waals surface area contributed by atoms with Crippen LogP contribution in [-0.4, -0.2) is 49.9 Å². The highest BCUT2D eigenvalue weighted by atomic mass is 35.5. The van der Waals surface area contributed by atoms with E-state index in [1.54, 1.807) is 41.5 Å². The van der Waals surface area contributed by atoms with Crippen LogP contribution in [0.2, 0.25) is 5.02 Å². The van der Waals surface area contributed by atoms with Gasteiger partial charge >= 0.3 is 17.9 Å². The number of sulfone groups is 1. The van der Waals surface area contributed by atoms with Gasteiger partial charge in [-0.25, -0.2) is 8.42 Å². The molecule has 0 aliphatic carbocycles. The molecule has 0 aliphatic rings. The minimum Gasteiger partial charge on any atom is -0.463 e. The number of halogens is 1. The number of carbonyl (C=O) groups excluding carboxylic acids is 3. The lowest BCUT2D eigenvalue weighted by atomic mass is 10.0. The van der Waals surface area contributed by atoms with Crippen molar-refractivity contribution in [3.63, 3.8) is 0 Å². The molecule has 1 aromatic rings. The molecule has 0 bridgehead atoms. The van der Waals surface area contributed by atoms with E-state index < -0.39 is 63.6 Å². The Balaban J connectivity index is 3.55. The molecule has 0 saturated heterocycles. The van der Waals surface area contributed by atoms with E-state index in [0.29, 0.717) is 0 Å². The molecule has 0 spiro atoms. The second-order valence-electron chi connectivity index (χ2n) is 7.74. The maximum Gasteiger partial charge on any atom is 0.325 e. The Hall–Kier alpha value is -2.13. The second kappa shape index (κ2) is 11.5. The summed E-state index contributed by atoms with van der Waals surface area (Å²) in [5.41, 5.74) is 0. The summed E-state index contributed by atoms with van der Waals surface area (Å²) >= 11 is 5.84. The number of hydrogen-bond donors (Lipinski definition) is 0. The van der Waals surface area contributed by atoms with Gasteiger partial charge in [0.05, 0.1) is 35.5 Å². The molecule has 1 aromatic carbocycles. The third kappa shape index (κ3) is 8.14. The van der Waals surface area contributed by atoms with E-state index >= 15 is 0 Å². The van der Waals surface area contributed by atoms with Gasteiger partial charge in [-0.2, -0.15) is 0 Å². The van der Waals surface area contributed by atoms with E-state index in [9.17, 15) is 22.8 Å². The maximum atomic E-state index is 13.4. The summed E-state index contributed by atoms with van der Waals surface area (Å²) in [5, 5.41) is -1.72. The van der Waals surface area contributed by atoms with Gasteiger partial charge < -0.3 is 14.2 Å². The first-order chi connectivity index (χ1) is 14.2. The van der Waals surface area contributed by atoms with Crippen molar-refractivity contribution in [2.45, 2.75) is 76.4 Å². The van der Waals surface area contributed by atoms with Crippen molar-refractivity contribution in [3.8, 4) is 0 Å². The summed E-state index contributed by atoms with van der Waals surface area (Å²) in [5.74, 6) is -4.68. The Morgan fingerprint density at radius 3 is 1.71 bits per heavy atom. The van der Waals surface area contributed by atoms with Crippen molar-refractivity contribution in [3.05, 3.63) is 29.3 Å². The fourth-order valence-corrected chi connectivity index (χ4v) is 4.59. The molecule has 0 N–H and O–H groups in total. The zero-order valence-corrected chi connectivity index (χ0v) is 20.0. The van der Waals surface area contributed by atoms with E-state index in [-0.39, 0.29) is 9.92 Å². The Morgan fingerprint density at radius 1 is 0.806 bits per heavy atom.